The van der Waals surface area contributed by atoms with Crippen LogP contribution in [0, 0.1) is 35.0 Å². The first-order chi connectivity index (χ1) is 18.7. The number of allylic oxidation sites excluding steroid dienone is 2. The molecule has 0 spiro atoms. The third kappa shape index (κ3) is 6.27. The van der Waals surface area contributed by atoms with Crippen LogP contribution in [0.1, 0.15) is 63.2 Å². The fourth-order valence-electron chi connectivity index (χ4n) is 4.79. The van der Waals surface area contributed by atoms with Crippen LogP contribution >= 0.6 is 0 Å². The second-order valence-corrected chi connectivity index (χ2v) is 9.63. The number of hydrogen-bond donors (Lipinski definition) is 1. The lowest BCUT2D eigenvalue weighted by atomic mass is 9.86. The van der Waals surface area contributed by atoms with E-state index >= 15 is 0 Å². The molecule has 0 amide bonds. The van der Waals surface area contributed by atoms with Gasteiger partial charge in [-0.2, -0.15) is 8.78 Å². The molecule has 39 heavy (non-hydrogen) atoms. The normalized spacial score (nSPS) is 16.1. The summed E-state index contributed by atoms with van der Waals surface area (Å²) in [5.74, 6) is -5.60. The molecule has 4 rings (SSSR count). The minimum absolute atomic E-state index is 0.0478. The Morgan fingerprint density at radius 1 is 0.846 bits per heavy atom. The van der Waals surface area contributed by atoms with Gasteiger partial charge in [-0.15, -0.1) is 0 Å². The Labute approximate surface area is 224 Å². The highest BCUT2D eigenvalue weighted by molar-refractivity contribution is 5.72. The summed E-state index contributed by atoms with van der Waals surface area (Å²) in [5.41, 5.74) is 1.22. The van der Waals surface area contributed by atoms with Crippen LogP contribution in [0.2, 0.25) is 0 Å². The molecule has 0 saturated heterocycles. The van der Waals surface area contributed by atoms with E-state index in [0.29, 0.717) is 37.7 Å². The molecule has 0 bridgehead atoms. The van der Waals surface area contributed by atoms with Crippen LogP contribution in [-0.2, 0) is 0 Å². The number of hydrogen-bond acceptors (Lipinski definition) is 3. The SMILES string of the molecule is CCCC(O)c1ccc(OCC2CC=C(c3ccc(-c4ccc(OCC)c(F)c4F)c(F)c3)CC2)c(F)c1F. The maximum absolute atomic E-state index is 15.0. The van der Waals surface area contributed by atoms with E-state index in [1.165, 1.54) is 36.4 Å². The molecule has 0 aromatic heterocycles. The highest BCUT2D eigenvalue weighted by Gasteiger charge is 2.23. The van der Waals surface area contributed by atoms with Crippen molar-refractivity contribution in [3.05, 3.63) is 88.8 Å². The molecule has 0 radical (unpaired) electrons. The Balaban J connectivity index is 1.41. The maximum Gasteiger partial charge on any atom is 0.201 e. The van der Waals surface area contributed by atoms with Gasteiger partial charge < -0.3 is 14.6 Å². The van der Waals surface area contributed by atoms with Gasteiger partial charge >= 0.3 is 0 Å². The van der Waals surface area contributed by atoms with Crippen LogP contribution in [0.25, 0.3) is 16.7 Å². The molecule has 0 saturated carbocycles. The third-order valence-corrected chi connectivity index (χ3v) is 6.97. The van der Waals surface area contributed by atoms with E-state index in [1.807, 2.05) is 13.0 Å². The van der Waals surface area contributed by atoms with Gasteiger partial charge in [0.05, 0.1) is 19.3 Å². The molecular weight excluding hydrogens is 515 g/mol. The van der Waals surface area contributed by atoms with Crippen LogP contribution < -0.4 is 9.47 Å². The average molecular weight is 547 g/mol. The molecule has 3 aromatic rings. The van der Waals surface area contributed by atoms with Crippen molar-refractivity contribution in [1.29, 1.82) is 0 Å². The Morgan fingerprint density at radius 3 is 2.21 bits per heavy atom. The highest BCUT2D eigenvalue weighted by atomic mass is 19.2. The summed E-state index contributed by atoms with van der Waals surface area (Å²) in [6.45, 7) is 3.84. The zero-order valence-electron chi connectivity index (χ0n) is 21.9. The summed E-state index contributed by atoms with van der Waals surface area (Å²) in [4.78, 5) is 0. The van der Waals surface area contributed by atoms with Gasteiger partial charge in [0, 0.05) is 16.7 Å². The molecule has 208 valence electrons. The van der Waals surface area contributed by atoms with E-state index in [1.54, 1.807) is 13.0 Å². The van der Waals surface area contributed by atoms with Crippen LogP contribution in [0.3, 0.4) is 0 Å². The van der Waals surface area contributed by atoms with E-state index in [4.69, 9.17) is 9.47 Å². The van der Waals surface area contributed by atoms with E-state index in [0.717, 1.165) is 5.57 Å². The molecule has 1 aliphatic rings. The summed E-state index contributed by atoms with van der Waals surface area (Å²) in [6.07, 6.45) is 3.73. The second kappa shape index (κ2) is 12.6. The van der Waals surface area contributed by atoms with Gasteiger partial charge in [0.15, 0.2) is 23.1 Å². The monoisotopic (exact) mass is 546 g/mol. The first kappa shape index (κ1) is 28.6. The van der Waals surface area contributed by atoms with Crippen molar-refractivity contribution in [2.24, 2.45) is 5.92 Å². The summed E-state index contributed by atoms with van der Waals surface area (Å²) in [5, 5.41) is 10.00. The number of rotatable bonds is 10. The van der Waals surface area contributed by atoms with Crippen molar-refractivity contribution in [2.45, 2.75) is 52.1 Å². The van der Waals surface area contributed by atoms with Crippen molar-refractivity contribution in [2.75, 3.05) is 13.2 Å². The lowest BCUT2D eigenvalue weighted by Crippen LogP contribution is -2.15. The molecule has 8 heteroatoms. The lowest BCUT2D eigenvalue weighted by Gasteiger charge is -2.23. The molecule has 3 nitrogen and oxygen atoms in total. The Bertz CT molecular complexity index is 1350. The van der Waals surface area contributed by atoms with E-state index < -0.39 is 35.2 Å². The molecule has 2 unspecified atom stereocenters. The Morgan fingerprint density at radius 2 is 1.54 bits per heavy atom. The fourth-order valence-corrected chi connectivity index (χ4v) is 4.79. The minimum Gasteiger partial charge on any atom is -0.491 e. The standard InChI is InChI=1S/C31H31F5O3/c1-3-5-25(37)23-13-15-27(31(36)29(23)34)39-17-18-6-8-19(9-7-18)20-10-11-21(24(32)16-20)22-12-14-26(38-4-2)30(35)28(22)33/h8,10-16,18,25,37H,3-7,9,17H2,1-2H3. The fraction of sp³-hybridized carbons (Fsp3) is 0.355. The van der Waals surface area contributed by atoms with Crippen molar-refractivity contribution < 1.29 is 36.5 Å². The largest absolute Gasteiger partial charge is 0.491 e. The number of halogens is 5. The Hall–Kier alpha value is -3.39. The van der Waals surface area contributed by atoms with Crippen molar-refractivity contribution in [3.8, 4) is 22.6 Å². The zero-order chi connectivity index (χ0) is 28.1. The topological polar surface area (TPSA) is 38.7 Å². The van der Waals surface area contributed by atoms with E-state index in [9.17, 15) is 27.1 Å². The first-order valence-electron chi connectivity index (χ1n) is 13.1. The lowest BCUT2D eigenvalue weighted by molar-refractivity contribution is 0.159. The Kier molecular flexibility index (Phi) is 9.28. The number of aliphatic hydroxyl groups excluding tert-OH is 1. The van der Waals surface area contributed by atoms with Gasteiger partial charge in [-0.1, -0.05) is 31.6 Å². The van der Waals surface area contributed by atoms with E-state index in [-0.39, 0.29) is 47.3 Å². The van der Waals surface area contributed by atoms with Crippen LogP contribution in [0.15, 0.2) is 48.5 Å². The second-order valence-electron chi connectivity index (χ2n) is 9.63. The molecule has 0 fully saturated rings. The summed E-state index contributed by atoms with van der Waals surface area (Å²) in [6, 6.07) is 9.65. The number of aliphatic hydroxyl groups is 1. The maximum atomic E-state index is 15.0. The van der Waals surface area contributed by atoms with Gasteiger partial charge in [0.1, 0.15) is 5.82 Å². The van der Waals surface area contributed by atoms with Crippen molar-refractivity contribution in [3.63, 3.8) is 0 Å². The summed E-state index contributed by atoms with van der Waals surface area (Å²) in [7, 11) is 0. The molecule has 3 aromatic carbocycles. The van der Waals surface area contributed by atoms with Crippen molar-refractivity contribution in [1.82, 2.24) is 0 Å². The van der Waals surface area contributed by atoms with Gasteiger partial charge in [-0.25, -0.2) is 13.2 Å². The molecule has 0 aliphatic heterocycles. The predicted molar refractivity (Wildman–Crippen MR) is 140 cm³/mol. The predicted octanol–water partition coefficient (Wildman–Crippen LogP) is 8.54. The molecular formula is C31H31F5O3. The third-order valence-electron chi connectivity index (χ3n) is 6.97. The molecule has 1 aliphatic carbocycles. The van der Waals surface area contributed by atoms with Crippen LogP contribution in [0.4, 0.5) is 22.0 Å². The quantitative estimate of drug-likeness (QED) is 0.259. The molecule has 1 N–H and O–H groups in total. The van der Waals surface area contributed by atoms with Gasteiger partial charge in [-0.05, 0) is 80.0 Å². The van der Waals surface area contributed by atoms with Gasteiger partial charge in [0.25, 0.3) is 0 Å². The summed E-state index contributed by atoms with van der Waals surface area (Å²) < 4.78 is 83.3. The van der Waals surface area contributed by atoms with Crippen LogP contribution in [-0.4, -0.2) is 18.3 Å². The zero-order valence-corrected chi connectivity index (χ0v) is 21.9. The molecule has 2 atom stereocenters. The molecule has 0 heterocycles. The van der Waals surface area contributed by atoms with Crippen LogP contribution in [0.5, 0.6) is 11.5 Å². The average Bonchev–Trinajstić information content (AvgIpc) is 2.93. The number of benzene rings is 3. The number of ether oxygens (including phenoxy) is 2. The van der Waals surface area contributed by atoms with Gasteiger partial charge in [0.2, 0.25) is 11.6 Å². The van der Waals surface area contributed by atoms with E-state index in [2.05, 4.69) is 0 Å². The summed E-state index contributed by atoms with van der Waals surface area (Å²) >= 11 is 0. The minimum atomic E-state index is -1.17. The van der Waals surface area contributed by atoms with Crippen molar-refractivity contribution >= 4 is 5.57 Å². The van der Waals surface area contributed by atoms with Gasteiger partial charge in [-0.3, -0.25) is 0 Å². The highest BCUT2D eigenvalue weighted by Crippen LogP contribution is 2.36. The first-order valence-corrected chi connectivity index (χ1v) is 13.1. The smallest absolute Gasteiger partial charge is 0.201 e.